The Morgan fingerprint density at radius 1 is 1.19 bits per heavy atom. The lowest BCUT2D eigenvalue weighted by atomic mass is 9.72. The van der Waals surface area contributed by atoms with E-state index in [1.807, 2.05) is 31.2 Å². The van der Waals surface area contributed by atoms with E-state index >= 15 is 0 Å². The Balaban J connectivity index is 0.00000341. The van der Waals surface area contributed by atoms with E-state index < -0.39 is 10.0 Å². The van der Waals surface area contributed by atoms with Crippen molar-refractivity contribution in [2.45, 2.75) is 51.9 Å². The fraction of sp³-hybridized carbons (Fsp3) is 0.682. The van der Waals surface area contributed by atoms with E-state index in [1.54, 1.807) is 0 Å². The van der Waals surface area contributed by atoms with Crippen LogP contribution in [0.1, 0.15) is 51.0 Å². The molecule has 1 aromatic rings. The summed E-state index contributed by atoms with van der Waals surface area (Å²) < 4.78 is 27.3. The van der Waals surface area contributed by atoms with Gasteiger partial charge in [-0.3, -0.25) is 9.30 Å². The molecular formula is C22H37IN4O3S. The summed E-state index contributed by atoms with van der Waals surface area (Å²) in [6.07, 6.45) is 7.37. The third-order valence-electron chi connectivity index (χ3n) is 6.31. The van der Waals surface area contributed by atoms with Crippen molar-refractivity contribution in [3.8, 4) is 0 Å². The van der Waals surface area contributed by atoms with Gasteiger partial charge in [-0.2, -0.15) is 0 Å². The first-order valence-electron chi connectivity index (χ1n) is 11.2. The van der Waals surface area contributed by atoms with Crippen molar-refractivity contribution in [2.75, 3.05) is 42.8 Å². The zero-order chi connectivity index (χ0) is 21.5. The molecule has 31 heavy (non-hydrogen) atoms. The molecule has 9 heteroatoms. The van der Waals surface area contributed by atoms with Crippen LogP contribution in [0, 0.1) is 5.41 Å². The number of hydrogen-bond donors (Lipinski definition) is 3. The summed E-state index contributed by atoms with van der Waals surface area (Å²) >= 11 is 0. The maximum absolute atomic E-state index is 12.9. The first-order chi connectivity index (χ1) is 14.5. The van der Waals surface area contributed by atoms with E-state index in [1.165, 1.54) is 23.6 Å². The molecule has 1 aromatic carbocycles. The van der Waals surface area contributed by atoms with Gasteiger partial charge in [-0.25, -0.2) is 8.42 Å². The molecule has 0 aromatic heterocycles. The Morgan fingerprint density at radius 2 is 1.94 bits per heavy atom. The van der Waals surface area contributed by atoms with Crippen LogP contribution in [-0.4, -0.2) is 58.0 Å². The summed E-state index contributed by atoms with van der Waals surface area (Å²) in [4.78, 5) is 4.76. The number of anilines is 1. The van der Waals surface area contributed by atoms with Crippen LogP contribution in [0.3, 0.4) is 0 Å². The van der Waals surface area contributed by atoms with E-state index in [0.717, 1.165) is 36.9 Å². The number of nitrogens with zero attached hydrogens (tertiary/aromatic N) is 2. The molecular weight excluding hydrogens is 527 g/mol. The Bertz CT molecular complexity index is 820. The molecule has 1 aliphatic carbocycles. The second-order valence-corrected chi connectivity index (χ2v) is 10.4. The highest BCUT2D eigenvalue weighted by molar-refractivity contribution is 14.0. The maximum atomic E-state index is 12.9. The Kier molecular flexibility index (Phi) is 10.3. The van der Waals surface area contributed by atoms with Gasteiger partial charge < -0.3 is 15.7 Å². The number of fused-ring (bicyclic) bond motifs is 1. The van der Waals surface area contributed by atoms with Crippen molar-refractivity contribution in [1.29, 1.82) is 0 Å². The predicted molar refractivity (Wildman–Crippen MR) is 138 cm³/mol. The molecule has 7 nitrogen and oxygen atoms in total. The minimum Gasteiger partial charge on any atom is -0.396 e. The highest BCUT2D eigenvalue weighted by Crippen LogP contribution is 2.39. The van der Waals surface area contributed by atoms with E-state index in [9.17, 15) is 13.5 Å². The number of nitrogens with one attached hydrogen (secondary N) is 2. The fourth-order valence-electron chi connectivity index (χ4n) is 4.62. The van der Waals surface area contributed by atoms with Crippen molar-refractivity contribution >= 4 is 45.6 Å². The van der Waals surface area contributed by atoms with Gasteiger partial charge in [0, 0.05) is 32.8 Å². The summed E-state index contributed by atoms with van der Waals surface area (Å²) in [6, 6.07) is 7.70. The van der Waals surface area contributed by atoms with Crippen molar-refractivity contribution < 1.29 is 13.5 Å². The number of halogens is 1. The predicted octanol–water partition coefficient (Wildman–Crippen LogP) is 2.88. The van der Waals surface area contributed by atoms with Gasteiger partial charge in [-0.1, -0.05) is 37.5 Å². The number of aliphatic hydroxyl groups is 1. The van der Waals surface area contributed by atoms with Gasteiger partial charge in [0.15, 0.2) is 5.96 Å². The first kappa shape index (κ1) is 26.2. The molecule has 0 radical (unpaired) electrons. The van der Waals surface area contributed by atoms with Crippen LogP contribution in [0.15, 0.2) is 29.3 Å². The van der Waals surface area contributed by atoms with Gasteiger partial charge in [0.2, 0.25) is 10.0 Å². The lowest BCUT2D eigenvalue weighted by Gasteiger charge is -2.35. The third-order valence-corrected chi connectivity index (χ3v) is 8.08. The Morgan fingerprint density at radius 3 is 2.65 bits per heavy atom. The molecule has 0 unspecified atom stereocenters. The average molecular weight is 565 g/mol. The van der Waals surface area contributed by atoms with Crippen LogP contribution >= 0.6 is 24.0 Å². The lowest BCUT2D eigenvalue weighted by molar-refractivity contribution is 0.137. The highest BCUT2D eigenvalue weighted by Gasteiger charge is 2.32. The summed E-state index contributed by atoms with van der Waals surface area (Å²) in [5.41, 5.74) is 1.97. The molecule has 0 saturated heterocycles. The molecule has 2 aliphatic rings. The van der Waals surface area contributed by atoms with Gasteiger partial charge >= 0.3 is 0 Å². The van der Waals surface area contributed by atoms with Gasteiger partial charge in [-0.15, -0.1) is 24.0 Å². The molecule has 1 aliphatic heterocycles. The van der Waals surface area contributed by atoms with Crippen LogP contribution in [0.4, 0.5) is 5.69 Å². The van der Waals surface area contributed by atoms with Gasteiger partial charge in [0.1, 0.15) is 0 Å². The van der Waals surface area contributed by atoms with Crippen LogP contribution < -0.4 is 14.9 Å². The number of para-hydroxylation sites is 1. The minimum absolute atomic E-state index is 0. The zero-order valence-electron chi connectivity index (χ0n) is 18.5. The minimum atomic E-state index is -3.39. The largest absolute Gasteiger partial charge is 0.396 e. The second kappa shape index (κ2) is 12.2. The normalized spacial score (nSPS) is 18.3. The first-order valence-corrected chi connectivity index (χ1v) is 12.8. The van der Waals surface area contributed by atoms with Crippen LogP contribution in [-0.2, 0) is 16.4 Å². The molecule has 1 saturated carbocycles. The highest BCUT2D eigenvalue weighted by atomic mass is 127. The van der Waals surface area contributed by atoms with E-state index in [-0.39, 0.29) is 41.8 Å². The third kappa shape index (κ3) is 6.95. The number of sulfonamides is 1. The van der Waals surface area contributed by atoms with Crippen LogP contribution in [0.2, 0.25) is 0 Å². The molecule has 3 N–H and O–H groups in total. The number of aliphatic imine (C=N–C) groups is 1. The second-order valence-electron chi connectivity index (χ2n) is 8.42. The smallest absolute Gasteiger partial charge is 0.236 e. The molecule has 0 spiro atoms. The van der Waals surface area contributed by atoms with Gasteiger partial charge in [0.25, 0.3) is 0 Å². The number of aliphatic hydroxyl groups excluding tert-OH is 1. The van der Waals surface area contributed by atoms with E-state index in [0.29, 0.717) is 32.1 Å². The standard InChI is InChI=1S/C22H36N4O3S.HI/c1-2-23-21(25-18-22(13-16-27)11-6-3-7-12-22)24-14-17-30(28,29)26-15-10-19-8-4-5-9-20(19)26;/h4-5,8-9,27H,2-3,6-7,10-18H2,1H3,(H2,23,24,25);1H. The van der Waals surface area contributed by atoms with Crippen molar-refractivity contribution in [3.05, 3.63) is 29.8 Å². The maximum Gasteiger partial charge on any atom is 0.236 e. The molecule has 0 amide bonds. The summed E-state index contributed by atoms with van der Waals surface area (Å²) in [7, 11) is -3.39. The zero-order valence-corrected chi connectivity index (χ0v) is 21.6. The summed E-state index contributed by atoms with van der Waals surface area (Å²) in [6.45, 7) is 4.38. The topological polar surface area (TPSA) is 94.0 Å². The van der Waals surface area contributed by atoms with Crippen molar-refractivity contribution in [3.63, 3.8) is 0 Å². The van der Waals surface area contributed by atoms with Crippen LogP contribution in [0.5, 0.6) is 0 Å². The molecule has 0 bridgehead atoms. The van der Waals surface area contributed by atoms with Crippen molar-refractivity contribution in [1.82, 2.24) is 10.6 Å². The average Bonchev–Trinajstić information content (AvgIpc) is 3.18. The molecule has 3 rings (SSSR count). The van der Waals surface area contributed by atoms with E-state index in [2.05, 4.69) is 10.6 Å². The number of guanidine groups is 1. The Hall–Kier alpha value is -1.07. The van der Waals surface area contributed by atoms with Crippen molar-refractivity contribution in [2.24, 2.45) is 10.4 Å². The molecule has 1 fully saturated rings. The molecule has 1 heterocycles. The summed E-state index contributed by atoms with van der Waals surface area (Å²) in [5, 5.41) is 15.9. The molecule has 0 atom stereocenters. The monoisotopic (exact) mass is 564 g/mol. The fourth-order valence-corrected chi connectivity index (χ4v) is 6.05. The lowest BCUT2D eigenvalue weighted by Crippen LogP contribution is -2.42. The Labute approximate surface area is 204 Å². The molecule has 176 valence electrons. The quantitative estimate of drug-likeness (QED) is 0.244. The number of benzene rings is 1. The van der Waals surface area contributed by atoms with Crippen LogP contribution in [0.25, 0.3) is 0 Å². The van der Waals surface area contributed by atoms with Gasteiger partial charge in [0.05, 0.1) is 11.4 Å². The van der Waals surface area contributed by atoms with Gasteiger partial charge in [-0.05, 0) is 49.7 Å². The SMILES string of the molecule is CCNC(=NCC1(CCO)CCCCC1)NCCS(=O)(=O)N1CCc2ccccc21.I. The van der Waals surface area contributed by atoms with E-state index in [4.69, 9.17) is 4.99 Å². The number of rotatable bonds is 9. The number of hydrogen-bond acceptors (Lipinski definition) is 4. The summed E-state index contributed by atoms with van der Waals surface area (Å²) in [5.74, 6) is 0.672.